The zero-order valence-corrected chi connectivity index (χ0v) is 12.6. The zero-order chi connectivity index (χ0) is 13.4. The van der Waals surface area contributed by atoms with E-state index < -0.39 is 9.84 Å². The molecule has 0 bridgehead atoms. The highest BCUT2D eigenvalue weighted by Gasteiger charge is 2.43. The highest BCUT2D eigenvalue weighted by atomic mass is 32.2. The maximum absolute atomic E-state index is 11.7. The average Bonchev–Trinajstić information content (AvgIpc) is 2.54. The lowest BCUT2D eigenvalue weighted by Crippen LogP contribution is -2.53. The minimum absolute atomic E-state index is 0.135. The first-order valence-corrected chi connectivity index (χ1v) is 8.82. The number of rotatable bonds is 1. The molecule has 1 N–H and O–H groups in total. The summed E-state index contributed by atoms with van der Waals surface area (Å²) in [6, 6.07) is 0.525. The molecule has 18 heavy (non-hydrogen) atoms. The van der Waals surface area contributed by atoms with Gasteiger partial charge in [-0.2, -0.15) is 0 Å². The van der Waals surface area contributed by atoms with Crippen LogP contribution in [0.15, 0.2) is 0 Å². The van der Waals surface area contributed by atoms with Gasteiger partial charge in [-0.1, -0.05) is 6.92 Å². The zero-order valence-electron chi connectivity index (χ0n) is 11.8. The first-order chi connectivity index (χ1) is 8.31. The van der Waals surface area contributed by atoms with Crippen molar-refractivity contribution in [3.63, 3.8) is 0 Å². The third-order valence-corrected chi connectivity index (χ3v) is 6.31. The molecule has 0 aromatic carbocycles. The lowest BCUT2D eigenvalue weighted by atomic mass is 9.95. The van der Waals surface area contributed by atoms with Crippen molar-refractivity contribution in [1.82, 2.24) is 10.2 Å². The molecule has 3 unspecified atom stereocenters. The fraction of sp³-hybridized carbons (Fsp3) is 1.00. The Bertz CT molecular complexity index is 396. The Balaban J connectivity index is 2.10. The second-order valence-corrected chi connectivity index (χ2v) is 8.67. The van der Waals surface area contributed by atoms with Gasteiger partial charge < -0.3 is 5.32 Å². The van der Waals surface area contributed by atoms with Crippen LogP contribution in [0.2, 0.25) is 0 Å². The molecule has 0 saturated carbocycles. The van der Waals surface area contributed by atoms with Crippen molar-refractivity contribution in [3.8, 4) is 0 Å². The van der Waals surface area contributed by atoms with Crippen LogP contribution in [-0.2, 0) is 9.84 Å². The monoisotopic (exact) mass is 274 g/mol. The molecule has 2 rings (SSSR count). The van der Waals surface area contributed by atoms with Gasteiger partial charge in [0.1, 0.15) is 0 Å². The molecule has 2 fully saturated rings. The van der Waals surface area contributed by atoms with Crippen LogP contribution in [0.5, 0.6) is 0 Å². The molecule has 2 aliphatic heterocycles. The van der Waals surface area contributed by atoms with Crippen LogP contribution in [-0.4, -0.2) is 56.0 Å². The molecule has 0 aromatic heterocycles. The molecular weight excluding hydrogens is 248 g/mol. The highest BCUT2D eigenvalue weighted by molar-refractivity contribution is 7.91. The second-order valence-electron chi connectivity index (χ2n) is 6.49. The minimum Gasteiger partial charge on any atom is -0.314 e. The maximum Gasteiger partial charge on any atom is 0.152 e. The molecule has 0 amide bonds. The molecule has 5 heteroatoms. The van der Waals surface area contributed by atoms with Gasteiger partial charge in [0.05, 0.1) is 11.5 Å². The van der Waals surface area contributed by atoms with Crippen molar-refractivity contribution in [1.29, 1.82) is 0 Å². The molecule has 2 aliphatic rings. The van der Waals surface area contributed by atoms with E-state index in [0.29, 0.717) is 23.5 Å². The summed E-state index contributed by atoms with van der Waals surface area (Å²) in [4.78, 5) is 2.43. The molecule has 0 aliphatic carbocycles. The largest absolute Gasteiger partial charge is 0.314 e. The summed E-state index contributed by atoms with van der Waals surface area (Å²) >= 11 is 0. The molecule has 0 aromatic rings. The topological polar surface area (TPSA) is 49.4 Å². The molecule has 3 atom stereocenters. The first-order valence-electron chi connectivity index (χ1n) is 7.00. The summed E-state index contributed by atoms with van der Waals surface area (Å²) in [6.45, 7) is 9.62. The Morgan fingerprint density at radius 3 is 2.67 bits per heavy atom. The average molecular weight is 274 g/mol. The fourth-order valence-corrected chi connectivity index (χ4v) is 5.29. The van der Waals surface area contributed by atoms with Crippen molar-refractivity contribution < 1.29 is 8.42 Å². The van der Waals surface area contributed by atoms with Crippen molar-refractivity contribution in [2.75, 3.05) is 31.1 Å². The first kappa shape index (κ1) is 14.3. The third kappa shape index (κ3) is 3.25. The Labute approximate surface area is 111 Å². The van der Waals surface area contributed by atoms with E-state index >= 15 is 0 Å². The number of sulfone groups is 1. The molecular formula is C13H26N2O2S. The van der Waals surface area contributed by atoms with Gasteiger partial charge in [-0.15, -0.1) is 0 Å². The fourth-order valence-electron chi connectivity index (χ4n) is 3.12. The normalized spacial score (nSPS) is 42.4. The van der Waals surface area contributed by atoms with Crippen molar-refractivity contribution in [2.24, 2.45) is 5.92 Å². The number of nitrogens with zero attached hydrogens (tertiary/aromatic N) is 1. The van der Waals surface area contributed by atoms with Gasteiger partial charge in [0.25, 0.3) is 0 Å². The van der Waals surface area contributed by atoms with Crippen molar-refractivity contribution in [3.05, 3.63) is 0 Å². The second kappa shape index (κ2) is 5.10. The number of nitrogens with one attached hydrogen (secondary N) is 1. The highest BCUT2D eigenvalue weighted by Crippen LogP contribution is 2.30. The Morgan fingerprint density at radius 1 is 1.33 bits per heavy atom. The van der Waals surface area contributed by atoms with Crippen molar-refractivity contribution in [2.45, 2.75) is 45.2 Å². The minimum atomic E-state index is -2.81. The van der Waals surface area contributed by atoms with Gasteiger partial charge in [0, 0.05) is 24.7 Å². The molecule has 0 spiro atoms. The third-order valence-electron chi connectivity index (χ3n) is 4.42. The van der Waals surface area contributed by atoms with E-state index in [0.717, 1.165) is 32.5 Å². The lowest BCUT2D eigenvalue weighted by molar-refractivity contribution is 0.0913. The summed E-state index contributed by atoms with van der Waals surface area (Å²) in [5.74, 6) is 1.28. The summed E-state index contributed by atoms with van der Waals surface area (Å²) in [5, 5.41) is 3.53. The molecule has 2 heterocycles. The van der Waals surface area contributed by atoms with Crippen LogP contribution in [0.1, 0.15) is 33.6 Å². The quantitative estimate of drug-likeness (QED) is 0.771. The standard InChI is InChI=1S/C13H26N2O2S/c1-11-8-14-12(2)4-6-15(9-11)13(3)5-7-18(16,17)10-13/h11-12,14H,4-10H2,1-3H3. The van der Waals surface area contributed by atoms with Crippen LogP contribution in [0.4, 0.5) is 0 Å². The van der Waals surface area contributed by atoms with Gasteiger partial charge in [0.15, 0.2) is 9.84 Å². The Morgan fingerprint density at radius 2 is 2.06 bits per heavy atom. The van der Waals surface area contributed by atoms with E-state index in [9.17, 15) is 8.42 Å². The summed E-state index contributed by atoms with van der Waals surface area (Å²) in [7, 11) is -2.81. The summed E-state index contributed by atoms with van der Waals surface area (Å²) < 4.78 is 23.5. The molecule has 0 radical (unpaired) electrons. The molecule has 4 nitrogen and oxygen atoms in total. The van der Waals surface area contributed by atoms with E-state index in [4.69, 9.17) is 0 Å². The van der Waals surface area contributed by atoms with E-state index in [1.807, 2.05) is 0 Å². The molecule has 2 saturated heterocycles. The van der Waals surface area contributed by atoms with Gasteiger partial charge in [-0.25, -0.2) is 8.42 Å². The van der Waals surface area contributed by atoms with Gasteiger partial charge >= 0.3 is 0 Å². The predicted molar refractivity (Wildman–Crippen MR) is 74.5 cm³/mol. The van der Waals surface area contributed by atoms with Crippen LogP contribution in [0.3, 0.4) is 0 Å². The van der Waals surface area contributed by atoms with Crippen LogP contribution >= 0.6 is 0 Å². The van der Waals surface area contributed by atoms with Crippen molar-refractivity contribution >= 4 is 9.84 Å². The maximum atomic E-state index is 11.7. The predicted octanol–water partition coefficient (Wildman–Crippen LogP) is 0.884. The van der Waals surface area contributed by atoms with E-state index in [1.165, 1.54) is 0 Å². The molecule has 106 valence electrons. The Kier molecular flexibility index (Phi) is 4.04. The summed E-state index contributed by atoms with van der Waals surface area (Å²) in [5.41, 5.74) is -0.135. The van der Waals surface area contributed by atoms with Gasteiger partial charge in [-0.3, -0.25) is 4.90 Å². The van der Waals surface area contributed by atoms with Gasteiger partial charge in [0.2, 0.25) is 0 Å². The van der Waals surface area contributed by atoms with E-state index in [1.54, 1.807) is 0 Å². The van der Waals surface area contributed by atoms with Crippen LogP contribution in [0, 0.1) is 5.92 Å². The van der Waals surface area contributed by atoms with E-state index in [2.05, 4.69) is 31.0 Å². The summed E-state index contributed by atoms with van der Waals surface area (Å²) in [6.07, 6.45) is 1.90. The van der Waals surface area contributed by atoms with E-state index in [-0.39, 0.29) is 5.54 Å². The van der Waals surface area contributed by atoms with Gasteiger partial charge in [-0.05, 0) is 39.2 Å². The van der Waals surface area contributed by atoms with Crippen LogP contribution < -0.4 is 5.32 Å². The number of hydrogen-bond donors (Lipinski definition) is 1. The SMILES string of the molecule is CC1CNC(C)CCN(C2(C)CCS(=O)(=O)C2)C1. The van der Waals surface area contributed by atoms with Crippen LogP contribution in [0.25, 0.3) is 0 Å². The number of hydrogen-bond acceptors (Lipinski definition) is 4. The Hall–Kier alpha value is -0.130. The lowest BCUT2D eigenvalue weighted by Gasteiger charge is -2.41. The smallest absolute Gasteiger partial charge is 0.152 e.